The summed E-state index contributed by atoms with van der Waals surface area (Å²) in [5, 5.41) is 17.8. The van der Waals surface area contributed by atoms with Crippen LogP contribution in [-0.2, 0) is 0 Å². The second-order valence-electron chi connectivity index (χ2n) is 18.9. The Morgan fingerprint density at radius 2 is 0.740 bits per heavy atom. The molecule has 0 radical (unpaired) electrons. The number of benzene rings is 10. The van der Waals surface area contributed by atoms with Crippen molar-refractivity contribution in [3.63, 3.8) is 0 Å². The number of rotatable bonds is 7. The van der Waals surface area contributed by atoms with Gasteiger partial charge in [0.25, 0.3) is 0 Å². The first-order valence-electron chi connectivity index (χ1n) is 25.0. The molecule has 0 bridgehead atoms. The van der Waals surface area contributed by atoms with Gasteiger partial charge in [-0.3, -0.25) is 0 Å². The van der Waals surface area contributed by atoms with Gasteiger partial charge in [-0.2, -0.15) is 5.26 Å². The van der Waals surface area contributed by atoms with Crippen molar-refractivity contribution in [1.29, 1.82) is 5.26 Å². The lowest BCUT2D eigenvalue weighted by atomic mass is 9.95. The van der Waals surface area contributed by atoms with E-state index in [4.69, 9.17) is 29.7 Å². The van der Waals surface area contributed by atoms with Crippen LogP contribution in [0.2, 0.25) is 0 Å². The highest BCUT2D eigenvalue weighted by Crippen LogP contribution is 2.43. The Balaban J connectivity index is 0.925. The third-order valence-electron chi connectivity index (χ3n) is 14.8. The van der Waals surface area contributed by atoms with E-state index in [0.29, 0.717) is 56.3 Å². The molecule has 10 aromatic carbocycles. The Hall–Kier alpha value is -11.4. The molecule has 9 heteroatoms. The molecule has 4 aromatic heterocycles. The van der Waals surface area contributed by atoms with Crippen LogP contribution in [0.3, 0.4) is 0 Å². The number of nitriles is 1. The molecule has 0 amide bonds. The Morgan fingerprint density at radius 3 is 1.23 bits per heavy atom. The van der Waals surface area contributed by atoms with Gasteiger partial charge in [0.15, 0.2) is 17.1 Å². The van der Waals surface area contributed by atoms with Crippen molar-refractivity contribution >= 4 is 82.5 Å². The van der Waals surface area contributed by atoms with E-state index in [2.05, 4.69) is 180 Å². The van der Waals surface area contributed by atoms with Crippen LogP contribution in [0.1, 0.15) is 5.56 Å². The van der Waals surface area contributed by atoms with E-state index >= 15 is 0 Å². The highest BCUT2D eigenvalue weighted by molar-refractivity contribution is 6.14. The van der Waals surface area contributed by atoms with Crippen LogP contribution >= 0.6 is 0 Å². The van der Waals surface area contributed by atoms with Gasteiger partial charge in [-0.25, -0.2) is 24.5 Å². The fourth-order valence-electron chi connectivity index (χ4n) is 11.4. The summed E-state index contributed by atoms with van der Waals surface area (Å²) in [6.45, 7) is 24.2. The van der Waals surface area contributed by atoms with Crippen molar-refractivity contribution in [1.82, 2.24) is 23.7 Å². The third-order valence-corrected chi connectivity index (χ3v) is 14.8. The summed E-state index contributed by atoms with van der Waals surface area (Å²) in [5.74, 6) is 0.271. The standard InChI is InChI=1S/C68H37N9/c1-70-57-22-10-4-20-51(57)60-40-61(74-68(73-60)52-21-5-11-23-58(52)71-2)54-39-59(72-3)53(36-43(54)41-69)42-28-30-44(31-29-42)75-66-34-32-45(76-62-24-12-6-16-47(62)48-17-7-13-25-63(48)76)37-55(66)56-38-46(33-35-67(56)75)77-64-26-14-8-18-49(64)50-19-9-15-27-65(50)77/h4-40H. The number of nitrogens with zero attached hydrogens (tertiary/aromatic N) is 9. The molecule has 14 rings (SSSR count). The summed E-state index contributed by atoms with van der Waals surface area (Å²) in [6.07, 6.45) is 0. The zero-order chi connectivity index (χ0) is 51.7. The van der Waals surface area contributed by atoms with Crippen LogP contribution < -0.4 is 0 Å². The second-order valence-corrected chi connectivity index (χ2v) is 18.9. The normalized spacial score (nSPS) is 11.3. The maximum atomic E-state index is 10.8. The lowest BCUT2D eigenvalue weighted by Gasteiger charge is -2.14. The van der Waals surface area contributed by atoms with E-state index in [1.54, 1.807) is 48.5 Å². The van der Waals surface area contributed by atoms with E-state index < -0.39 is 0 Å². The van der Waals surface area contributed by atoms with E-state index in [1.807, 2.05) is 30.3 Å². The van der Waals surface area contributed by atoms with E-state index in [1.165, 1.54) is 21.5 Å². The minimum absolute atomic E-state index is 0.271. The molecule has 0 fully saturated rings. The quantitative estimate of drug-likeness (QED) is 0.149. The van der Waals surface area contributed by atoms with Crippen LogP contribution in [0.5, 0.6) is 0 Å². The summed E-state index contributed by atoms with van der Waals surface area (Å²) in [7, 11) is 0. The smallest absolute Gasteiger partial charge is 0.198 e. The molecule has 0 atom stereocenters. The van der Waals surface area contributed by atoms with Crippen molar-refractivity contribution in [2.45, 2.75) is 0 Å². The molecule has 4 heterocycles. The molecule has 0 saturated carbocycles. The molecule has 0 aliphatic carbocycles. The zero-order valence-corrected chi connectivity index (χ0v) is 40.9. The minimum atomic E-state index is 0.271. The molecule has 354 valence electrons. The second kappa shape index (κ2) is 17.7. The molecule has 0 unspecified atom stereocenters. The van der Waals surface area contributed by atoms with Crippen molar-refractivity contribution in [3.05, 3.63) is 264 Å². The summed E-state index contributed by atoms with van der Waals surface area (Å²) in [4.78, 5) is 21.3. The Labute approximate surface area is 441 Å². The van der Waals surface area contributed by atoms with Gasteiger partial charge in [-0.15, -0.1) is 0 Å². The molecular formula is C68H37N9. The van der Waals surface area contributed by atoms with Crippen LogP contribution in [0, 0.1) is 31.0 Å². The van der Waals surface area contributed by atoms with Crippen LogP contribution in [0.25, 0.3) is 142 Å². The van der Waals surface area contributed by atoms with E-state index in [-0.39, 0.29) is 5.82 Å². The van der Waals surface area contributed by atoms with Gasteiger partial charge in [0.2, 0.25) is 0 Å². The minimum Gasteiger partial charge on any atom is -0.309 e. The Bertz CT molecular complexity index is 4630. The Kier molecular flexibility index (Phi) is 10.2. The lowest BCUT2D eigenvalue weighted by molar-refractivity contribution is 1.16. The fourth-order valence-corrected chi connectivity index (χ4v) is 11.4. The predicted molar refractivity (Wildman–Crippen MR) is 310 cm³/mol. The molecule has 77 heavy (non-hydrogen) atoms. The maximum Gasteiger partial charge on any atom is 0.198 e. The fraction of sp³-hybridized carbons (Fsp3) is 0. The first-order chi connectivity index (χ1) is 38.0. The van der Waals surface area contributed by atoms with Gasteiger partial charge >= 0.3 is 0 Å². The van der Waals surface area contributed by atoms with Crippen molar-refractivity contribution in [2.24, 2.45) is 0 Å². The summed E-state index contributed by atoms with van der Waals surface area (Å²) < 4.78 is 7.03. The number of para-hydroxylation sites is 6. The first-order valence-corrected chi connectivity index (χ1v) is 25.0. The molecule has 14 aromatic rings. The number of hydrogen-bond donors (Lipinski definition) is 0. The van der Waals surface area contributed by atoms with Gasteiger partial charge in [0.1, 0.15) is 5.82 Å². The number of fused-ring (bicyclic) bond motifs is 9. The molecule has 0 saturated heterocycles. The molecule has 0 aliphatic heterocycles. The summed E-state index contributed by atoms with van der Waals surface area (Å²) in [5.41, 5.74) is 14.9. The third kappa shape index (κ3) is 6.98. The topological polar surface area (TPSA) is 77.4 Å². The maximum absolute atomic E-state index is 10.8. The monoisotopic (exact) mass is 979 g/mol. The van der Waals surface area contributed by atoms with Crippen molar-refractivity contribution < 1.29 is 0 Å². The van der Waals surface area contributed by atoms with Gasteiger partial charge in [0.05, 0.1) is 75.8 Å². The highest BCUT2D eigenvalue weighted by Gasteiger charge is 2.22. The molecule has 9 nitrogen and oxygen atoms in total. The van der Waals surface area contributed by atoms with Crippen molar-refractivity contribution in [3.8, 4) is 68.2 Å². The SMILES string of the molecule is [C-]#[N+]c1cc(-c2cc(-c3ccccc3[N+]#[C-])nc(-c3ccccc3[N+]#[C-])n2)c(C#N)cc1-c1ccc(-n2c3ccc(-n4c5ccccc5c5ccccc54)cc3c3cc(-n4c5ccccc5c5ccccc54)ccc32)cc1. The molecule has 0 N–H and O–H groups in total. The number of aromatic nitrogens is 5. The van der Waals surface area contributed by atoms with Crippen LogP contribution in [0.15, 0.2) is 224 Å². The summed E-state index contributed by atoms with van der Waals surface area (Å²) >= 11 is 0. The van der Waals surface area contributed by atoms with Gasteiger partial charge in [-0.05, 0) is 102 Å². The number of hydrogen-bond acceptors (Lipinski definition) is 3. The lowest BCUT2D eigenvalue weighted by Crippen LogP contribution is -1.98. The predicted octanol–water partition coefficient (Wildman–Crippen LogP) is 18.0. The average Bonchev–Trinajstić information content (AvgIpc) is 4.28. The van der Waals surface area contributed by atoms with E-state index in [0.717, 1.165) is 66.5 Å². The van der Waals surface area contributed by atoms with Crippen LogP contribution in [0.4, 0.5) is 17.1 Å². The molecule has 0 spiro atoms. The van der Waals surface area contributed by atoms with Gasteiger partial charge in [0, 0.05) is 66.1 Å². The van der Waals surface area contributed by atoms with Gasteiger partial charge < -0.3 is 13.7 Å². The average molecular weight is 980 g/mol. The van der Waals surface area contributed by atoms with Gasteiger partial charge in [-0.1, -0.05) is 133 Å². The first kappa shape index (κ1) is 44.3. The molecule has 0 aliphatic rings. The summed E-state index contributed by atoms with van der Waals surface area (Å²) in [6, 6.07) is 77.9. The van der Waals surface area contributed by atoms with E-state index in [9.17, 15) is 5.26 Å². The largest absolute Gasteiger partial charge is 0.309 e. The molecular weight excluding hydrogens is 943 g/mol. The highest BCUT2D eigenvalue weighted by atomic mass is 15.0. The van der Waals surface area contributed by atoms with Crippen molar-refractivity contribution in [2.75, 3.05) is 0 Å². The zero-order valence-electron chi connectivity index (χ0n) is 40.9. The van der Waals surface area contributed by atoms with Crippen LogP contribution in [-0.4, -0.2) is 23.7 Å². The Morgan fingerprint density at radius 1 is 0.338 bits per heavy atom.